The number of carbonyl (C=O) groups is 1. The number of aromatic nitrogens is 3. The Morgan fingerprint density at radius 1 is 1.12 bits per heavy atom. The second kappa shape index (κ2) is 8.46. The van der Waals surface area contributed by atoms with E-state index in [4.69, 9.17) is 9.72 Å². The first-order valence-corrected chi connectivity index (χ1v) is 11.4. The van der Waals surface area contributed by atoms with Crippen molar-refractivity contribution in [2.75, 3.05) is 13.1 Å². The molecular formula is C24H34FN5O2. The third-order valence-electron chi connectivity index (χ3n) is 6.18. The topological polar surface area (TPSA) is 63.5 Å². The molecule has 1 saturated carbocycles. The minimum Gasteiger partial charge on any atom is -0.444 e. The van der Waals surface area contributed by atoms with Gasteiger partial charge in [0, 0.05) is 38.1 Å². The molecule has 1 aliphatic carbocycles. The molecular weight excluding hydrogens is 409 g/mol. The lowest BCUT2D eigenvalue weighted by molar-refractivity contribution is -0.0173. The van der Waals surface area contributed by atoms with Crippen LogP contribution in [-0.2, 0) is 11.8 Å². The summed E-state index contributed by atoms with van der Waals surface area (Å²) in [6, 6.07) is 6.46. The van der Waals surface area contributed by atoms with Crippen LogP contribution < -0.4 is 0 Å². The normalized spacial score (nSPS) is 23.3. The zero-order valence-corrected chi connectivity index (χ0v) is 19.9. The maximum absolute atomic E-state index is 13.7. The average Bonchev–Trinajstić information content (AvgIpc) is 3.48. The van der Waals surface area contributed by atoms with Crippen LogP contribution in [-0.4, -0.2) is 61.4 Å². The molecule has 1 aromatic heterocycles. The van der Waals surface area contributed by atoms with Crippen LogP contribution in [0.15, 0.2) is 24.3 Å². The fourth-order valence-electron chi connectivity index (χ4n) is 4.39. The zero-order valence-electron chi connectivity index (χ0n) is 19.9. The summed E-state index contributed by atoms with van der Waals surface area (Å²) < 4.78 is 21.2. The molecule has 3 atom stereocenters. The van der Waals surface area contributed by atoms with Crippen molar-refractivity contribution in [2.45, 2.75) is 77.1 Å². The van der Waals surface area contributed by atoms with Gasteiger partial charge in [-0.2, -0.15) is 5.10 Å². The number of amides is 1. The predicted molar refractivity (Wildman–Crippen MR) is 120 cm³/mol. The highest BCUT2D eigenvalue weighted by molar-refractivity contribution is 5.68. The summed E-state index contributed by atoms with van der Waals surface area (Å²) in [4.78, 5) is 21.9. The summed E-state index contributed by atoms with van der Waals surface area (Å²) in [7, 11) is 1.93. The summed E-state index contributed by atoms with van der Waals surface area (Å²) in [5, 5.41) is 4.68. The van der Waals surface area contributed by atoms with Gasteiger partial charge in [-0.1, -0.05) is 12.1 Å². The molecule has 1 amide bonds. The molecule has 2 aromatic rings. The smallest absolute Gasteiger partial charge is 0.410 e. The summed E-state index contributed by atoms with van der Waals surface area (Å²) in [6.07, 6.45) is 1.98. The van der Waals surface area contributed by atoms with Gasteiger partial charge >= 0.3 is 6.09 Å². The van der Waals surface area contributed by atoms with Gasteiger partial charge in [0.15, 0.2) is 5.82 Å². The van der Waals surface area contributed by atoms with Crippen molar-refractivity contribution >= 4 is 6.09 Å². The van der Waals surface area contributed by atoms with E-state index in [0.717, 1.165) is 30.1 Å². The number of aryl methyl sites for hydroxylation is 1. The van der Waals surface area contributed by atoms with Gasteiger partial charge in [-0.05, 0) is 65.2 Å². The SMILES string of the molecule is C[C@@H]1CN(C(=O)OC(C)(C)C)[C@@H](C)CN1C(c1ccc(F)cc1)c1nc(C2CC2)nn1C. The number of rotatable bonds is 4. The number of hydrogen-bond acceptors (Lipinski definition) is 5. The molecule has 2 aliphatic rings. The fourth-order valence-corrected chi connectivity index (χ4v) is 4.39. The number of nitrogens with zero attached hydrogens (tertiary/aromatic N) is 5. The van der Waals surface area contributed by atoms with Crippen molar-refractivity contribution in [3.8, 4) is 0 Å². The molecule has 1 aliphatic heterocycles. The van der Waals surface area contributed by atoms with Crippen LogP contribution in [0.3, 0.4) is 0 Å². The first-order valence-electron chi connectivity index (χ1n) is 11.4. The Labute approximate surface area is 189 Å². The quantitative estimate of drug-likeness (QED) is 0.707. The minimum atomic E-state index is -0.536. The summed E-state index contributed by atoms with van der Waals surface area (Å²) in [5.41, 5.74) is 0.431. The molecule has 0 N–H and O–H groups in total. The lowest BCUT2D eigenvalue weighted by atomic mass is 9.99. The van der Waals surface area contributed by atoms with Gasteiger partial charge in [0.05, 0.1) is 6.04 Å². The van der Waals surface area contributed by atoms with Crippen LogP contribution in [0.1, 0.15) is 76.6 Å². The Kier molecular flexibility index (Phi) is 6.00. The van der Waals surface area contributed by atoms with E-state index in [-0.39, 0.29) is 30.0 Å². The van der Waals surface area contributed by atoms with Gasteiger partial charge in [0.2, 0.25) is 0 Å². The highest BCUT2D eigenvalue weighted by atomic mass is 19.1. The molecule has 4 rings (SSSR count). The summed E-state index contributed by atoms with van der Waals surface area (Å²) in [5.74, 6) is 1.93. The van der Waals surface area contributed by atoms with Crippen molar-refractivity contribution in [1.29, 1.82) is 0 Å². The predicted octanol–water partition coefficient (Wildman–Crippen LogP) is 4.25. The molecule has 1 aromatic carbocycles. The lowest BCUT2D eigenvalue weighted by Gasteiger charge is -2.47. The number of piperazine rings is 1. The summed E-state index contributed by atoms with van der Waals surface area (Å²) >= 11 is 0. The highest BCUT2D eigenvalue weighted by Crippen LogP contribution is 2.40. The van der Waals surface area contributed by atoms with Gasteiger partial charge < -0.3 is 9.64 Å². The molecule has 0 bridgehead atoms. The number of carbonyl (C=O) groups excluding carboxylic acids is 1. The van der Waals surface area contributed by atoms with Crippen LogP contribution in [0.4, 0.5) is 9.18 Å². The van der Waals surface area contributed by atoms with E-state index in [2.05, 4.69) is 16.9 Å². The number of ether oxygens (including phenoxy) is 1. The first-order chi connectivity index (χ1) is 15.0. The van der Waals surface area contributed by atoms with Crippen LogP contribution in [0.2, 0.25) is 0 Å². The maximum atomic E-state index is 13.7. The Morgan fingerprint density at radius 3 is 2.38 bits per heavy atom. The Balaban J connectivity index is 1.64. The number of hydrogen-bond donors (Lipinski definition) is 0. The molecule has 2 heterocycles. The molecule has 0 radical (unpaired) electrons. The fraction of sp³-hybridized carbons (Fsp3) is 0.625. The van der Waals surface area contributed by atoms with Crippen molar-refractivity contribution < 1.29 is 13.9 Å². The van der Waals surface area contributed by atoms with Crippen molar-refractivity contribution in [3.05, 3.63) is 47.3 Å². The molecule has 1 saturated heterocycles. The third-order valence-corrected chi connectivity index (χ3v) is 6.18. The minimum absolute atomic E-state index is 0.0415. The van der Waals surface area contributed by atoms with Crippen molar-refractivity contribution in [1.82, 2.24) is 24.6 Å². The third kappa shape index (κ3) is 4.80. The van der Waals surface area contributed by atoms with E-state index >= 15 is 0 Å². The first kappa shape index (κ1) is 22.7. The van der Waals surface area contributed by atoms with Crippen molar-refractivity contribution in [2.24, 2.45) is 7.05 Å². The van der Waals surface area contributed by atoms with Crippen LogP contribution in [0, 0.1) is 5.82 Å². The second-order valence-electron chi connectivity index (χ2n) is 10.2. The zero-order chi connectivity index (χ0) is 23.2. The van der Waals surface area contributed by atoms with E-state index in [1.54, 1.807) is 4.90 Å². The molecule has 174 valence electrons. The highest BCUT2D eigenvalue weighted by Gasteiger charge is 2.40. The van der Waals surface area contributed by atoms with E-state index < -0.39 is 5.60 Å². The van der Waals surface area contributed by atoms with Crippen LogP contribution >= 0.6 is 0 Å². The monoisotopic (exact) mass is 443 g/mol. The molecule has 1 unspecified atom stereocenters. The van der Waals surface area contributed by atoms with E-state index in [9.17, 15) is 9.18 Å². The maximum Gasteiger partial charge on any atom is 0.410 e. The molecule has 0 spiro atoms. The largest absolute Gasteiger partial charge is 0.444 e. The Bertz CT molecular complexity index is 964. The van der Waals surface area contributed by atoms with E-state index in [1.807, 2.05) is 51.6 Å². The Hall–Kier alpha value is -2.48. The van der Waals surface area contributed by atoms with E-state index in [1.165, 1.54) is 12.1 Å². The summed E-state index contributed by atoms with van der Waals surface area (Å²) in [6.45, 7) is 11.0. The van der Waals surface area contributed by atoms with Crippen molar-refractivity contribution in [3.63, 3.8) is 0 Å². The molecule has 32 heavy (non-hydrogen) atoms. The lowest BCUT2D eigenvalue weighted by Crippen LogP contribution is -2.59. The molecule has 8 heteroatoms. The van der Waals surface area contributed by atoms with Gasteiger partial charge in [-0.25, -0.2) is 14.2 Å². The van der Waals surface area contributed by atoms with Gasteiger partial charge in [0.25, 0.3) is 0 Å². The number of halogens is 1. The van der Waals surface area contributed by atoms with E-state index in [0.29, 0.717) is 19.0 Å². The van der Waals surface area contributed by atoms with Gasteiger partial charge in [-0.15, -0.1) is 0 Å². The van der Waals surface area contributed by atoms with Crippen LogP contribution in [0.5, 0.6) is 0 Å². The van der Waals surface area contributed by atoms with Crippen LogP contribution in [0.25, 0.3) is 0 Å². The number of benzene rings is 1. The van der Waals surface area contributed by atoms with Gasteiger partial charge in [-0.3, -0.25) is 9.58 Å². The molecule has 2 fully saturated rings. The average molecular weight is 444 g/mol. The standard InChI is InChI=1S/C24H34FN5O2/c1-15-14-30(23(31)32-24(3,4)5)16(2)13-29(15)20(17-9-11-19(25)12-10-17)22-26-21(18-7-8-18)27-28(22)6/h9-12,15-16,18,20H,7-8,13-14H2,1-6H3/t15-,16+,20?/m1/s1. The second-order valence-corrected chi connectivity index (χ2v) is 10.2. The Morgan fingerprint density at radius 2 is 1.78 bits per heavy atom. The van der Waals surface area contributed by atoms with Gasteiger partial charge in [0.1, 0.15) is 17.2 Å². The molecule has 7 nitrogen and oxygen atoms in total.